The average Bonchev–Trinajstić information content (AvgIpc) is 2.83. The van der Waals surface area contributed by atoms with E-state index < -0.39 is 24.4 Å². The fourth-order valence-corrected chi connectivity index (χ4v) is 3.13. The molecule has 0 aliphatic rings. The molecule has 0 fully saturated rings. The van der Waals surface area contributed by atoms with Crippen LogP contribution in [0.1, 0.15) is 28.4 Å². The maximum absolute atomic E-state index is 12.9. The number of nitrogens with one attached hydrogen (secondary N) is 1. The Morgan fingerprint density at radius 2 is 1.53 bits per heavy atom. The molecule has 0 unspecified atom stereocenters. The summed E-state index contributed by atoms with van der Waals surface area (Å²) < 4.78 is 5.33. The fourth-order valence-electron chi connectivity index (χ4n) is 3.13. The number of carbonyl (C=O) groups is 3. The predicted molar refractivity (Wildman–Crippen MR) is 129 cm³/mol. The van der Waals surface area contributed by atoms with Gasteiger partial charge in [-0.15, -0.1) is 0 Å². The van der Waals surface area contributed by atoms with Gasteiger partial charge >= 0.3 is 11.9 Å². The maximum atomic E-state index is 12.9. The third-order valence-electron chi connectivity index (χ3n) is 4.85. The van der Waals surface area contributed by atoms with E-state index in [0.717, 1.165) is 0 Å². The lowest BCUT2D eigenvalue weighted by molar-refractivity contribution is -0.136. The summed E-state index contributed by atoms with van der Waals surface area (Å²) in [5.74, 6) is -1.88. The SMILES string of the molecule is C/C(=C\c1ccc(C(=O)Oc2ccc(C(=N)N)cc2)cc1)C(=O)N(CC(=O)O)c1ccccc1. The molecule has 0 atom stereocenters. The van der Waals surface area contributed by atoms with E-state index in [2.05, 4.69) is 0 Å². The molecule has 3 aromatic carbocycles. The summed E-state index contributed by atoms with van der Waals surface area (Å²) in [6.07, 6.45) is 1.62. The van der Waals surface area contributed by atoms with Crippen LogP contribution in [0.5, 0.6) is 5.75 Å². The van der Waals surface area contributed by atoms with Gasteiger partial charge in [0.15, 0.2) is 0 Å². The van der Waals surface area contributed by atoms with Crippen molar-refractivity contribution in [2.24, 2.45) is 5.73 Å². The molecule has 34 heavy (non-hydrogen) atoms. The van der Waals surface area contributed by atoms with Gasteiger partial charge in [0.05, 0.1) is 5.56 Å². The molecule has 0 saturated heterocycles. The van der Waals surface area contributed by atoms with Crippen molar-refractivity contribution < 1.29 is 24.2 Å². The second-order valence-electron chi connectivity index (χ2n) is 7.40. The molecule has 0 aromatic heterocycles. The van der Waals surface area contributed by atoms with Crippen LogP contribution >= 0.6 is 0 Å². The van der Waals surface area contributed by atoms with Gasteiger partial charge in [-0.25, -0.2) is 4.79 Å². The van der Waals surface area contributed by atoms with Gasteiger partial charge in [-0.1, -0.05) is 30.3 Å². The molecule has 8 heteroatoms. The average molecular weight is 457 g/mol. The summed E-state index contributed by atoms with van der Waals surface area (Å²) in [4.78, 5) is 37.8. The summed E-state index contributed by atoms with van der Waals surface area (Å²) in [5.41, 5.74) is 7.73. The topological polar surface area (TPSA) is 134 Å². The van der Waals surface area contributed by atoms with Crippen molar-refractivity contribution in [3.8, 4) is 5.75 Å². The number of carboxylic acids is 1. The number of carboxylic acid groups (broad SMARTS) is 1. The van der Waals surface area contributed by atoms with Crippen LogP contribution in [-0.2, 0) is 9.59 Å². The van der Waals surface area contributed by atoms with E-state index in [1.807, 2.05) is 0 Å². The minimum absolute atomic E-state index is 0.0786. The molecule has 3 rings (SSSR count). The molecular weight excluding hydrogens is 434 g/mol. The van der Waals surface area contributed by atoms with Crippen molar-refractivity contribution in [1.82, 2.24) is 0 Å². The third-order valence-corrected chi connectivity index (χ3v) is 4.85. The van der Waals surface area contributed by atoms with Crippen LogP contribution in [0.2, 0.25) is 0 Å². The number of hydrogen-bond acceptors (Lipinski definition) is 5. The van der Waals surface area contributed by atoms with Crippen LogP contribution in [0.25, 0.3) is 6.08 Å². The first-order valence-corrected chi connectivity index (χ1v) is 10.3. The lowest BCUT2D eigenvalue weighted by Gasteiger charge is -2.21. The van der Waals surface area contributed by atoms with E-state index >= 15 is 0 Å². The smallest absolute Gasteiger partial charge is 0.343 e. The van der Waals surface area contributed by atoms with Gasteiger partial charge in [0.2, 0.25) is 0 Å². The Labute approximate surface area is 196 Å². The first-order valence-electron chi connectivity index (χ1n) is 10.3. The van der Waals surface area contributed by atoms with Gasteiger partial charge in [-0.05, 0) is 67.1 Å². The van der Waals surface area contributed by atoms with Crippen LogP contribution < -0.4 is 15.4 Å². The molecule has 0 saturated carbocycles. The second kappa shape index (κ2) is 10.7. The van der Waals surface area contributed by atoms with E-state index in [0.29, 0.717) is 33.7 Å². The number of nitrogens with zero attached hydrogens (tertiary/aromatic N) is 1. The predicted octanol–water partition coefficient (Wildman–Crippen LogP) is 3.71. The van der Waals surface area contributed by atoms with Crippen molar-refractivity contribution in [2.45, 2.75) is 6.92 Å². The summed E-state index contributed by atoms with van der Waals surface area (Å²) in [6.45, 7) is 1.14. The number of nitrogen functional groups attached to an aromatic ring is 1. The fraction of sp³-hybridized carbons (Fsp3) is 0.0769. The molecule has 0 spiro atoms. The molecule has 4 N–H and O–H groups in total. The van der Waals surface area contributed by atoms with Gasteiger partial charge in [0.1, 0.15) is 18.1 Å². The van der Waals surface area contributed by atoms with Gasteiger partial charge in [-0.2, -0.15) is 0 Å². The number of amides is 1. The molecule has 0 aliphatic heterocycles. The van der Waals surface area contributed by atoms with Crippen LogP contribution in [-0.4, -0.2) is 35.3 Å². The highest BCUT2D eigenvalue weighted by molar-refractivity contribution is 6.09. The van der Waals surface area contributed by atoms with Crippen molar-refractivity contribution >= 4 is 35.4 Å². The third kappa shape index (κ3) is 6.17. The van der Waals surface area contributed by atoms with Crippen LogP contribution in [0.4, 0.5) is 5.69 Å². The van der Waals surface area contributed by atoms with E-state index in [-0.39, 0.29) is 5.84 Å². The maximum Gasteiger partial charge on any atom is 0.343 e. The Kier molecular flexibility index (Phi) is 7.56. The summed E-state index contributed by atoms with van der Waals surface area (Å²) in [7, 11) is 0. The van der Waals surface area contributed by atoms with E-state index in [4.69, 9.17) is 15.9 Å². The van der Waals surface area contributed by atoms with Crippen molar-refractivity contribution in [3.05, 3.63) is 101 Å². The van der Waals surface area contributed by atoms with E-state index in [1.54, 1.807) is 91.9 Å². The van der Waals surface area contributed by atoms with Crippen LogP contribution in [0.3, 0.4) is 0 Å². The molecule has 3 aromatic rings. The summed E-state index contributed by atoms with van der Waals surface area (Å²) in [6, 6.07) is 21.3. The Bertz CT molecular complexity index is 1230. The number of para-hydroxylation sites is 1. The number of esters is 1. The minimum Gasteiger partial charge on any atom is -0.480 e. The normalized spacial score (nSPS) is 10.9. The molecule has 0 heterocycles. The van der Waals surface area contributed by atoms with Crippen LogP contribution in [0.15, 0.2) is 84.4 Å². The van der Waals surface area contributed by atoms with Gasteiger partial charge < -0.3 is 15.6 Å². The highest BCUT2D eigenvalue weighted by Gasteiger charge is 2.20. The largest absolute Gasteiger partial charge is 0.480 e. The zero-order valence-electron chi connectivity index (χ0n) is 18.4. The zero-order chi connectivity index (χ0) is 24.7. The number of aliphatic carboxylic acids is 1. The standard InChI is InChI=1S/C26H23N3O5/c1-17(25(32)29(16-23(30)31)21-5-3-2-4-6-21)15-18-7-9-20(10-8-18)26(33)34-22-13-11-19(12-14-22)24(27)28/h2-15H,16H2,1H3,(H3,27,28)(H,30,31)/b17-15+. The molecular formula is C26H23N3O5. The number of rotatable bonds is 8. The number of nitrogens with two attached hydrogens (primary N) is 1. The van der Waals surface area contributed by atoms with Crippen LogP contribution in [0, 0.1) is 5.41 Å². The Morgan fingerprint density at radius 1 is 0.941 bits per heavy atom. The van der Waals surface area contributed by atoms with Gasteiger partial charge in [0.25, 0.3) is 5.91 Å². The monoisotopic (exact) mass is 457 g/mol. The zero-order valence-corrected chi connectivity index (χ0v) is 18.4. The molecule has 0 radical (unpaired) electrons. The van der Waals surface area contributed by atoms with Crippen molar-refractivity contribution in [1.29, 1.82) is 5.41 Å². The highest BCUT2D eigenvalue weighted by atomic mass is 16.5. The first kappa shape index (κ1) is 23.9. The van der Waals surface area contributed by atoms with Crippen molar-refractivity contribution in [3.63, 3.8) is 0 Å². The number of benzene rings is 3. The second-order valence-corrected chi connectivity index (χ2v) is 7.40. The number of carbonyl (C=O) groups excluding carboxylic acids is 2. The Hall–Kier alpha value is -4.72. The molecule has 1 amide bonds. The lowest BCUT2D eigenvalue weighted by Crippen LogP contribution is -2.36. The minimum atomic E-state index is -1.12. The highest BCUT2D eigenvalue weighted by Crippen LogP contribution is 2.19. The lowest BCUT2D eigenvalue weighted by atomic mass is 10.1. The first-order chi connectivity index (χ1) is 16.2. The quantitative estimate of drug-likeness (QED) is 0.155. The number of anilines is 1. The number of amidine groups is 1. The van der Waals surface area contributed by atoms with Gasteiger partial charge in [0, 0.05) is 16.8 Å². The molecule has 0 bridgehead atoms. The van der Waals surface area contributed by atoms with Crippen molar-refractivity contribution in [2.75, 3.05) is 11.4 Å². The van der Waals surface area contributed by atoms with Gasteiger partial charge in [-0.3, -0.25) is 19.9 Å². The summed E-state index contributed by atoms with van der Waals surface area (Å²) >= 11 is 0. The van der Waals surface area contributed by atoms with E-state index in [9.17, 15) is 19.5 Å². The molecule has 0 aliphatic carbocycles. The Morgan fingerprint density at radius 3 is 2.09 bits per heavy atom. The number of ether oxygens (including phenoxy) is 1. The van der Waals surface area contributed by atoms with E-state index in [1.165, 1.54) is 4.90 Å². The number of hydrogen-bond donors (Lipinski definition) is 3. The molecule has 8 nitrogen and oxygen atoms in total. The molecule has 172 valence electrons. The summed E-state index contributed by atoms with van der Waals surface area (Å²) in [5, 5.41) is 16.6. The Balaban J connectivity index is 1.72.